The molecule has 0 fully saturated rings. The predicted octanol–water partition coefficient (Wildman–Crippen LogP) is 0.762. The fourth-order valence-corrected chi connectivity index (χ4v) is 0.262. The van der Waals surface area contributed by atoms with Crippen LogP contribution in [0.2, 0.25) is 0 Å². The third-order valence-corrected chi connectivity index (χ3v) is 0.575. The molecule has 0 aromatic rings. The number of nitrogens with two attached hydrogens (primary N) is 1. The van der Waals surface area contributed by atoms with Crippen LogP contribution >= 0.6 is 0 Å². The molecule has 0 aliphatic rings. The Morgan fingerprint density at radius 2 is 2.17 bits per heavy atom. The molecule has 0 spiro atoms. The number of rotatable bonds is 2. The fourth-order valence-electron chi connectivity index (χ4n) is 0.262. The normalized spacial score (nSPS) is 14.5. The standard InChI is InChI=1S/C5H11N/c1-3-4-5(2)6/h5H,1-4,6H2. The van der Waals surface area contributed by atoms with E-state index in [0.717, 1.165) is 12.8 Å². The summed E-state index contributed by atoms with van der Waals surface area (Å²) in [6.07, 6.45) is 1.82. The van der Waals surface area contributed by atoms with Crippen LogP contribution in [0.3, 0.4) is 0 Å². The van der Waals surface area contributed by atoms with Crippen molar-refractivity contribution in [1.29, 1.82) is 0 Å². The molecule has 0 aromatic heterocycles. The number of hydrogen-bond donors (Lipinski definition) is 1. The van der Waals surface area contributed by atoms with Gasteiger partial charge in [0, 0.05) is 6.04 Å². The highest BCUT2D eigenvalue weighted by molar-refractivity contribution is 4.61. The summed E-state index contributed by atoms with van der Waals surface area (Å²) in [5.41, 5.74) is 5.25. The van der Waals surface area contributed by atoms with Gasteiger partial charge < -0.3 is 5.73 Å². The first kappa shape index (κ1) is 5.96. The first-order valence-corrected chi connectivity index (χ1v) is 2.15. The summed E-state index contributed by atoms with van der Waals surface area (Å²) >= 11 is 0. The Kier molecular flexibility index (Phi) is 3.14. The third kappa shape index (κ3) is 3.96. The lowest BCUT2D eigenvalue weighted by Gasteiger charge is -1.96. The Labute approximate surface area is 39.5 Å². The minimum absolute atomic E-state index is 0.0856. The molecule has 0 rings (SSSR count). The largest absolute Gasteiger partial charge is 0.328 e. The highest BCUT2D eigenvalue weighted by Crippen LogP contribution is 1.87. The molecule has 0 saturated carbocycles. The van der Waals surface area contributed by atoms with Crippen LogP contribution in [0, 0.1) is 13.8 Å². The Morgan fingerprint density at radius 1 is 1.67 bits per heavy atom. The molecule has 0 bridgehead atoms. The van der Waals surface area contributed by atoms with Gasteiger partial charge in [-0.3, -0.25) is 0 Å². The van der Waals surface area contributed by atoms with Crippen molar-refractivity contribution in [3.63, 3.8) is 0 Å². The van der Waals surface area contributed by atoms with E-state index >= 15 is 0 Å². The van der Waals surface area contributed by atoms with Gasteiger partial charge in [0.05, 0.1) is 0 Å². The molecule has 0 saturated heterocycles. The average molecular weight is 85.2 g/mol. The van der Waals surface area contributed by atoms with E-state index < -0.39 is 0 Å². The summed E-state index contributed by atoms with van der Waals surface area (Å²) in [5.74, 6) is 0. The van der Waals surface area contributed by atoms with Crippen LogP contribution in [0.15, 0.2) is 0 Å². The van der Waals surface area contributed by atoms with Crippen molar-refractivity contribution < 1.29 is 0 Å². The fraction of sp³-hybridized carbons (Fsp3) is 0.600. The van der Waals surface area contributed by atoms with Gasteiger partial charge in [-0.15, -0.1) is 0 Å². The van der Waals surface area contributed by atoms with Crippen LogP contribution < -0.4 is 5.73 Å². The van der Waals surface area contributed by atoms with Crippen molar-refractivity contribution in [1.82, 2.24) is 0 Å². The van der Waals surface area contributed by atoms with Crippen molar-refractivity contribution >= 4 is 0 Å². The SMILES string of the molecule is [CH2]CCC([CH2])N. The van der Waals surface area contributed by atoms with Crippen molar-refractivity contribution in [3.05, 3.63) is 13.8 Å². The van der Waals surface area contributed by atoms with E-state index in [9.17, 15) is 0 Å². The van der Waals surface area contributed by atoms with Crippen LogP contribution in [0.1, 0.15) is 12.8 Å². The molecule has 0 amide bonds. The van der Waals surface area contributed by atoms with Crippen LogP contribution in [-0.2, 0) is 0 Å². The molecule has 0 heterocycles. The van der Waals surface area contributed by atoms with Gasteiger partial charge in [0.15, 0.2) is 0 Å². The molecule has 6 heavy (non-hydrogen) atoms. The highest BCUT2D eigenvalue weighted by atomic mass is 14.6. The molecule has 2 radical (unpaired) electrons. The van der Waals surface area contributed by atoms with Crippen molar-refractivity contribution in [3.8, 4) is 0 Å². The van der Waals surface area contributed by atoms with E-state index in [0.29, 0.717) is 0 Å². The minimum Gasteiger partial charge on any atom is -0.328 e. The Bertz CT molecular complexity index is 25.1. The lowest BCUT2D eigenvalue weighted by atomic mass is 10.2. The second-order valence-electron chi connectivity index (χ2n) is 1.40. The van der Waals surface area contributed by atoms with Gasteiger partial charge in [0.2, 0.25) is 0 Å². The van der Waals surface area contributed by atoms with Crippen LogP contribution in [0.5, 0.6) is 0 Å². The minimum atomic E-state index is 0.0856. The van der Waals surface area contributed by atoms with Crippen molar-refractivity contribution in [2.24, 2.45) is 5.73 Å². The van der Waals surface area contributed by atoms with E-state index in [1.807, 2.05) is 0 Å². The van der Waals surface area contributed by atoms with E-state index in [1.54, 1.807) is 0 Å². The van der Waals surface area contributed by atoms with E-state index in [4.69, 9.17) is 5.73 Å². The Hall–Kier alpha value is -0.0400. The maximum Gasteiger partial charge on any atom is 0.00394 e. The average Bonchev–Trinajstić information content (AvgIpc) is 1.35. The van der Waals surface area contributed by atoms with Crippen LogP contribution in [0.4, 0.5) is 0 Å². The Morgan fingerprint density at radius 3 is 2.17 bits per heavy atom. The van der Waals surface area contributed by atoms with Gasteiger partial charge in [0.25, 0.3) is 0 Å². The monoisotopic (exact) mass is 85.1 g/mol. The summed E-state index contributed by atoms with van der Waals surface area (Å²) in [7, 11) is 0. The molecular formula is C5H11N. The molecule has 2 N–H and O–H groups in total. The highest BCUT2D eigenvalue weighted by Gasteiger charge is 1.85. The second kappa shape index (κ2) is 3.16. The maximum absolute atomic E-state index is 5.25. The van der Waals surface area contributed by atoms with Gasteiger partial charge in [-0.05, 0) is 13.3 Å². The lowest BCUT2D eigenvalue weighted by molar-refractivity contribution is 0.729. The smallest absolute Gasteiger partial charge is 0.00394 e. The first-order valence-electron chi connectivity index (χ1n) is 2.15. The lowest BCUT2D eigenvalue weighted by Crippen LogP contribution is -2.13. The van der Waals surface area contributed by atoms with Crippen LogP contribution in [0.25, 0.3) is 0 Å². The van der Waals surface area contributed by atoms with E-state index in [1.165, 1.54) is 0 Å². The molecule has 1 heteroatoms. The topological polar surface area (TPSA) is 26.0 Å². The summed E-state index contributed by atoms with van der Waals surface area (Å²) in [6, 6.07) is 0.0856. The second-order valence-corrected chi connectivity index (χ2v) is 1.40. The maximum atomic E-state index is 5.25. The van der Waals surface area contributed by atoms with Crippen molar-refractivity contribution in [2.45, 2.75) is 18.9 Å². The Balaban J connectivity index is 2.63. The zero-order valence-electron chi connectivity index (χ0n) is 3.98. The van der Waals surface area contributed by atoms with Gasteiger partial charge in [-0.25, -0.2) is 0 Å². The third-order valence-electron chi connectivity index (χ3n) is 0.575. The first-order chi connectivity index (χ1) is 2.77. The molecule has 36 valence electrons. The molecule has 0 aliphatic heterocycles. The van der Waals surface area contributed by atoms with Crippen molar-refractivity contribution in [2.75, 3.05) is 0 Å². The summed E-state index contributed by atoms with van der Waals surface area (Å²) in [4.78, 5) is 0. The van der Waals surface area contributed by atoms with E-state index in [-0.39, 0.29) is 6.04 Å². The summed E-state index contributed by atoms with van der Waals surface area (Å²) in [5, 5.41) is 0. The van der Waals surface area contributed by atoms with Gasteiger partial charge in [-0.1, -0.05) is 13.3 Å². The van der Waals surface area contributed by atoms with Gasteiger partial charge in [0.1, 0.15) is 0 Å². The molecule has 1 unspecified atom stereocenters. The summed E-state index contributed by atoms with van der Waals surface area (Å²) < 4.78 is 0. The summed E-state index contributed by atoms with van der Waals surface area (Å²) in [6.45, 7) is 7.17. The van der Waals surface area contributed by atoms with Gasteiger partial charge in [-0.2, -0.15) is 0 Å². The van der Waals surface area contributed by atoms with E-state index in [2.05, 4.69) is 13.8 Å². The van der Waals surface area contributed by atoms with Gasteiger partial charge >= 0.3 is 0 Å². The zero-order chi connectivity index (χ0) is 4.99. The predicted molar refractivity (Wildman–Crippen MR) is 27.9 cm³/mol. The molecule has 1 nitrogen and oxygen atoms in total. The van der Waals surface area contributed by atoms with Crippen LogP contribution in [-0.4, -0.2) is 6.04 Å². The molecule has 0 aliphatic carbocycles. The molecular weight excluding hydrogens is 74.1 g/mol. The quantitative estimate of drug-likeness (QED) is 0.526. The molecule has 1 atom stereocenters. The molecule has 0 aromatic carbocycles. The number of hydrogen-bond acceptors (Lipinski definition) is 1. The zero-order valence-corrected chi connectivity index (χ0v) is 3.98.